The molecule has 10 aromatic rings. The van der Waals surface area contributed by atoms with E-state index < -0.39 is 0 Å². The summed E-state index contributed by atoms with van der Waals surface area (Å²) in [6.07, 6.45) is 0. The van der Waals surface area contributed by atoms with Crippen molar-refractivity contribution in [2.45, 2.75) is 0 Å². The zero-order chi connectivity index (χ0) is 38.0. The summed E-state index contributed by atoms with van der Waals surface area (Å²) in [7, 11) is 0. The smallest absolute Gasteiger partial charge is 0.0546 e. The summed E-state index contributed by atoms with van der Waals surface area (Å²) in [5, 5.41) is 4.99. The quantitative estimate of drug-likeness (QED) is 0.151. The Labute approximate surface area is 334 Å². The van der Waals surface area contributed by atoms with Crippen LogP contribution in [0.3, 0.4) is 0 Å². The number of fused-ring (bicyclic) bond motifs is 2. The number of hydrogen-bond acceptors (Lipinski definition) is 1. The molecule has 0 atom stereocenters. The molecule has 10 rings (SSSR count). The molecule has 0 aromatic heterocycles. The molecule has 0 N–H and O–H groups in total. The third-order valence-electron chi connectivity index (χ3n) is 11.1. The normalized spacial score (nSPS) is 11.2. The van der Waals surface area contributed by atoms with Gasteiger partial charge in [0, 0.05) is 16.9 Å². The van der Waals surface area contributed by atoms with Gasteiger partial charge in [-0.1, -0.05) is 200 Å². The molecule has 57 heavy (non-hydrogen) atoms. The SMILES string of the molecule is c1ccc(-c2ccc(N(c3ccc(-c4cccc5ccccc45)cc3)c3cc(-c4ccccc4)ccc3-c3cccc(-c4cccc5ccccc45)c3)cc2)cc1. The first kappa shape index (κ1) is 34.0. The van der Waals surface area contributed by atoms with Crippen LogP contribution in [0.25, 0.3) is 77.2 Å². The van der Waals surface area contributed by atoms with Crippen molar-refractivity contribution in [2.75, 3.05) is 4.90 Å². The maximum Gasteiger partial charge on any atom is 0.0546 e. The largest absolute Gasteiger partial charge is 0.310 e. The van der Waals surface area contributed by atoms with Crippen molar-refractivity contribution in [3.05, 3.63) is 237 Å². The van der Waals surface area contributed by atoms with Gasteiger partial charge in [0.1, 0.15) is 0 Å². The number of benzene rings is 10. The molecule has 0 aliphatic carbocycles. The Morgan fingerprint density at radius 3 is 1.23 bits per heavy atom. The van der Waals surface area contributed by atoms with Crippen molar-refractivity contribution in [2.24, 2.45) is 0 Å². The monoisotopic (exact) mass is 725 g/mol. The summed E-state index contributed by atoms with van der Waals surface area (Å²) >= 11 is 0. The Bertz CT molecular complexity index is 2970. The van der Waals surface area contributed by atoms with Crippen LogP contribution in [0.15, 0.2) is 237 Å². The van der Waals surface area contributed by atoms with Crippen LogP contribution in [-0.2, 0) is 0 Å². The van der Waals surface area contributed by atoms with Gasteiger partial charge < -0.3 is 4.90 Å². The van der Waals surface area contributed by atoms with E-state index in [9.17, 15) is 0 Å². The van der Waals surface area contributed by atoms with Crippen LogP contribution in [0, 0.1) is 0 Å². The number of nitrogens with zero attached hydrogens (tertiary/aromatic N) is 1. The van der Waals surface area contributed by atoms with Gasteiger partial charge in [-0.25, -0.2) is 0 Å². The zero-order valence-corrected chi connectivity index (χ0v) is 31.5. The molecule has 0 aliphatic rings. The molecular formula is C56H39N. The first-order chi connectivity index (χ1) is 28.3. The fraction of sp³-hybridized carbons (Fsp3) is 0. The van der Waals surface area contributed by atoms with E-state index in [1.807, 2.05) is 0 Å². The van der Waals surface area contributed by atoms with E-state index in [0.29, 0.717) is 0 Å². The summed E-state index contributed by atoms with van der Waals surface area (Å²) < 4.78 is 0. The fourth-order valence-corrected chi connectivity index (χ4v) is 8.23. The van der Waals surface area contributed by atoms with Gasteiger partial charge in [-0.05, 0) is 108 Å². The minimum absolute atomic E-state index is 1.09. The average molecular weight is 726 g/mol. The van der Waals surface area contributed by atoms with Gasteiger partial charge >= 0.3 is 0 Å². The predicted octanol–water partition coefficient (Wildman–Crippen LogP) is 15.8. The van der Waals surface area contributed by atoms with Gasteiger partial charge in [0.25, 0.3) is 0 Å². The molecule has 1 nitrogen and oxygen atoms in total. The molecule has 0 radical (unpaired) electrons. The molecule has 0 heterocycles. The van der Waals surface area contributed by atoms with Crippen LogP contribution in [0.4, 0.5) is 17.1 Å². The Morgan fingerprint density at radius 1 is 0.228 bits per heavy atom. The molecule has 0 fully saturated rings. The van der Waals surface area contributed by atoms with E-state index in [1.54, 1.807) is 0 Å². The van der Waals surface area contributed by atoms with E-state index in [1.165, 1.54) is 60.5 Å². The van der Waals surface area contributed by atoms with Gasteiger partial charge in [0.05, 0.1) is 5.69 Å². The summed E-state index contributed by atoms with van der Waals surface area (Å²) in [6, 6.07) is 85.7. The van der Waals surface area contributed by atoms with E-state index in [0.717, 1.165) is 33.8 Å². The fourth-order valence-electron chi connectivity index (χ4n) is 8.23. The number of hydrogen-bond donors (Lipinski definition) is 0. The summed E-state index contributed by atoms with van der Waals surface area (Å²) in [6.45, 7) is 0. The van der Waals surface area contributed by atoms with E-state index >= 15 is 0 Å². The van der Waals surface area contributed by atoms with Crippen molar-refractivity contribution in [3.8, 4) is 55.6 Å². The van der Waals surface area contributed by atoms with Gasteiger partial charge in [-0.15, -0.1) is 0 Å². The van der Waals surface area contributed by atoms with Crippen molar-refractivity contribution in [1.29, 1.82) is 0 Å². The molecule has 0 amide bonds. The first-order valence-electron chi connectivity index (χ1n) is 19.6. The van der Waals surface area contributed by atoms with Crippen molar-refractivity contribution in [1.82, 2.24) is 0 Å². The topological polar surface area (TPSA) is 3.24 Å². The summed E-state index contributed by atoms with van der Waals surface area (Å²) in [5.41, 5.74) is 15.2. The molecule has 268 valence electrons. The summed E-state index contributed by atoms with van der Waals surface area (Å²) in [4.78, 5) is 2.42. The predicted molar refractivity (Wildman–Crippen MR) is 243 cm³/mol. The third kappa shape index (κ3) is 6.66. The maximum atomic E-state index is 2.42. The van der Waals surface area contributed by atoms with Crippen LogP contribution in [0.2, 0.25) is 0 Å². The summed E-state index contributed by atoms with van der Waals surface area (Å²) in [5.74, 6) is 0. The highest BCUT2D eigenvalue weighted by Gasteiger charge is 2.20. The molecule has 10 aromatic carbocycles. The van der Waals surface area contributed by atoms with Gasteiger partial charge in [-0.3, -0.25) is 0 Å². The molecule has 0 aliphatic heterocycles. The Balaban J connectivity index is 1.16. The lowest BCUT2D eigenvalue weighted by Gasteiger charge is -2.29. The highest BCUT2D eigenvalue weighted by atomic mass is 15.1. The van der Waals surface area contributed by atoms with Gasteiger partial charge in [0.2, 0.25) is 0 Å². The van der Waals surface area contributed by atoms with Gasteiger partial charge in [0.15, 0.2) is 0 Å². The number of rotatable bonds is 8. The minimum atomic E-state index is 1.09. The highest BCUT2D eigenvalue weighted by molar-refractivity contribution is 5.99. The lowest BCUT2D eigenvalue weighted by atomic mass is 9.93. The van der Waals surface area contributed by atoms with E-state index in [4.69, 9.17) is 0 Å². The third-order valence-corrected chi connectivity index (χ3v) is 11.1. The second-order valence-electron chi connectivity index (χ2n) is 14.5. The first-order valence-corrected chi connectivity index (χ1v) is 19.6. The molecule has 0 saturated carbocycles. The molecular weight excluding hydrogens is 687 g/mol. The van der Waals surface area contributed by atoms with Crippen molar-refractivity contribution < 1.29 is 0 Å². The van der Waals surface area contributed by atoms with Crippen LogP contribution in [0.5, 0.6) is 0 Å². The molecule has 1 heteroatoms. The lowest BCUT2D eigenvalue weighted by Crippen LogP contribution is -2.11. The zero-order valence-electron chi connectivity index (χ0n) is 31.5. The Hall–Kier alpha value is -7.48. The average Bonchev–Trinajstić information content (AvgIpc) is 3.30. The minimum Gasteiger partial charge on any atom is -0.310 e. The molecule has 0 saturated heterocycles. The van der Waals surface area contributed by atoms with Crippen LogP contribution in [0.1, 0.15) is 0 Å². The Kier molecular flexibility index (Phi) is 8.95. The second-order valence-corrected chi connectivity index (χ2v) is 14.5. The highest BCUT2D eigenvalue weighted by Crippen LogP contribution is 2.45. The van der Waals surface area contributed by atoms with Crippen LogP contribution in [-0.4, -0.2) is 0 Å². The maximum absolute atomic E-state index is 2.42. The molecule has 0 spiro atoms. The van der Waals surface area contributed by atoms with Crippen LogP contribution >= 0.6 is 0 Å². The van der Waals surface area contributed by atoms with E-state index in [2.05, 4.69) is 241 Å². The second kappa shape index (κ2) is 15.0. The molecule has 0 unspecified atom stereocenters. The molecule has 0 bridgehead atoms. The lowest BCUT2D eigenvalue weighted by molar-refractivity contribution is 1.28. The van der Waals surface area contributed by atoms with Gasteiger partial charge in [-0.2, -0.15) is 0 Å². The number of anilines is 3. The van der Waals surface area contributed by atoms with Crippen molar-refractivity contribution in [3.63, 3.8) is 0 Å². The Morgan fingerprint density at radius 2 is 0.632 bits per heavy atom. The van der Waals surface area contributed by atoms with E-state index in [-0.39, 0.29) is 0 Å². The van der Waals surface area contributed by atoms with Crippen molar-refractivity contribution >= 4 is 38.6 Å². The van der Waals surface area contributed by atoms with Crippen LogP contribution < -0.4 is 4.90 Å². The standard InChI is InChI=1S/C56H39N/c1-3-14-40(15-4-1)42-28-33-49(34-29-42)57(50-35-30-45(31-36-50)53-26-12-20-43-18-7-9-24-51(43)53)56-39-46(41-16-5-2-6-17-41)32-37-55(56)48-23-11-22-47(38-48)54-27-13-21-44-19-8-10-25-52(44)54/h1-39H.